The Morgan fingerprint density at radius 2 is 1.95 bits per heavy atom. The van der Waals surface area contributed by atoms with Crippen LogP contribution in [0.15, 0.2) is 0 Å². The van der Waals surface area contributed by atoms with Gasteiger partial charge in [-0.15, -0.1) is 0 Å². The first-order chi connectivity index (χ1) is 9.06. The van der Waals surface area contributed by atoms with Crippen molar-refractivity contribution in [2.75, 3.05) is 13.6 Å². The molecule has 2 rings (SSSR count). The van der Waals surface area contributed by atoms with E-state index in [0.717, 1.165) is 32.1 Å². The molecule has 2 amide bonds. The minimum Gasteiger partial charge on any atom is -0.357 e. The number of rotatable bonds is 2. The number of amides is 2. The second-order valence-corrected chi connectivity index (χ2v) is 5.90. The van der Waals surface area contributed by atoms with Crippen LogP contribution in [0, 0.1) is 11.8 Å². The number of likely N-dealkylation sites (N-methyl/N-ethyl adjacent to an activating group) is 1. The first kappa shape index (κ1) is 14.3. The normalized spacial score (nSPS) is 35.2. The van der Waals surface area contributed by atoms with Gasteiger partial charge in [0.15, 0.2) is 0 Å². The zero-order valence-corrected chi connectivity index (χ0v) is 11.9. The Kier molecular flexibility index (Phi) is 4.45. The zero-order valence-electron chi connectivity index (χ0n) is 11.9. The lowest BCUT2D eigenvalue weighted by Crippen LogP contribution is -2.53. The molecule has 1 saturated heterocycles. The van der Waals surface area contributed by atoms with Gasteiger partial charge in [-0.05, 0) is 31.6 Å². The van der Waals surface area contributed by atoms with Crippen molar-refractivity contribution in [2.45, 2.75) is 51.1 Å². The van der Waals surface area contributed by atoms with E-state index in [2.05, 4.69) is 12.2 Å². The molecule has 5 heteroatoms. The van der Waals surface area contributed by atoms with E-state index in [1.165, 1.54) is 0 Å². The summed E-state index contributed by atoms with van der Waals surface area (Å²) in [5, 5.41) is 2.65. The summed E-state index contributed by atoms with van der Waals surface area (Å²) >= 11 is 0. The number of hydrogen-bond acceptors (Lipinski definition) is 3. The van der Waals surface area contributed by atoms with Gasteiger partial charge < -0.3 is 16.0 Å². The van der Waals surface area contributed by atoms with Crippen LogP contribution in [0.5, 0.6) is 0 Å². The van der Waals surface area contributed by atoms with E-state index in [0.29, 0.717) is 12.5 Å². The standard InChI is InChI=1S/C14H25N3O2/c1-9-5-3-6-10(15)12(9)14(19)17-8-4-7-11(17)13(18)16-2/h9-12H,3-8,15H2,1-2H3,(H,16,18). The van der Waals surface area contributed by atoms with E-state index in [-0.39, 0.29) is 29.8 Å². The molecule has 0 aromatic heterocycles. The highest BCUT2D eigenvalue weighted by molar-refractivity contribution is 5.89. The molecule has 4 unspecified atom stereocenters. The number of hydrogen-bond donors (Lipinski definition) is 2. The lowest BCUT2D eigenvalue weighted by atomic mass is 9.76. The summed E-state index contributed by atoms with van der Waals surface area (Å²) in [5.74, 6) is 0.245. The monoisotopic (exact) mass is 267 g/mol. The molecule has 4 atom stereocenters. The smallest absolute Gasteiger partial charge is 0.242 e. The molecule has 1 aliphatic heterocycles. The fourth-order valence-corrected chi connectivity index (χ4v) is 3.54. The van der Waals surface area contributed by atoms with E-state index in [1.54, 1.807) is 11.9 Å². The molecule has 2 fully saturated rings. The van der Waals surface area contributed by atoms with Gasteiger partial charge in [0.25, 0.3) is 0 Å². The minimum absolute atomic E-state index is 0.0529. The summed E-state index contributed by atoms with van der Waals surface area (Å²) in [6, 6.07) is -0.346. The third kappa shape index (κ3) is 2.76. The Morgan fingerprint density at radius 1 is 1.21 bits per heavy atom. The lowest BCUT2D eigenvalue weighted by Gasteiger charge is -2.37. The predicted molar refractivity (Wildman–Crippen MR) is 73.3 cm³/mol. The van der Waals surface area contributed by atoms with E-state index in [1.807, 2.05) is 0 Å². The van der Waals surface area contributed by atoms with E-state index in [4.69, 9.17) is 5.73 Å². The number of carbonyl (C=O) groups is 2. The van der Waals surface area contributed by atoms with Gasteiger partial charge >= 0.3 is 0 Å². The maximum absolute atomic E-state index is 12.7. The first-order valence-corrected chi connectivity index (χ1v) is 7.34. The molecule has 3 N–H and O–H groups in total. The molecule has 19 heavy (non-hydrogen) atoms. The summed E-state index contributed by atoms with van der Waals surface area (Å²) in [6.45, 7) is 2.79. The van der Waals surface area contributed by atoms with Crippen LogP contribution < -0.4 is 11.1 Å². The second kappa shape index (κ2) is 5.90. The van der Waals surface area contributed by atoms with Crippen LogP contribution in [0.25, 0.3) is 0 Å². The largest absolute Gasteiger partial charge is 0.357 e. The summed E-state index contributed by atoms with van der Waals surface area (Å²) in [6.07, 6.45) is 4.74. The van der Waals surface area contributed by atoms with Gasteiger partial charge in [0.1, 0.15) is 6.04 Å². The van der Waals surface area contributed by atoms with Gasteiger partial charge in [-0.25, -0.2) is 0 Å². The van der Waals surface area contributed by atoms with Crippen molar-refractivity contribution >= 4 is 11.8 Å². The van der Waals surface area contributed by atoms with Crippen LogP contribution >= 0.6 is 0 Å². The van der Waals surface area contributed by atoms with E-state index < -0.39 is 0 Å². The van der Waals surface area contributed by atoms with Crippen molar-refractivity contribution in [1.29, 1.82) is 0 Å². The molecular formula is C14H25N3O2. The molecule has 108 valence electrons. The van der Waals surface area contributed by atoms with Crippen LogP contribution in [-0.4, -0.2) is 42.4 Å². The summed E-state index contributed by atoms with van der Waals surface area (Å²) in [7, 11) is 1.62. The van der Waals surface area contributed by atoms with Crippen LogP contribution in [0.1, 0.15) is 39.0 Å². The lowest BCUT2D eigenvalue weighted by molar-refractivity contribution is -0.144. The fraction of sp³-hybridized carbons (Fsp3) is 0.857. The molecule has 0 radical (unpaired) electrons. The average Bonchev–Trinajstić information content (AvgIpc) is 2.86. The highest BCUT2D eigenvalue weighted by Crippen LogP contribution is 2.32. The van der Waals surface area contributed by atoms with Gasteiger partial charge in [0, 0.05) is 19.6 Å². The first-order valence-electron chi connectivity index (χ1n) is 7.34. The average molecular weight is 267 g/mol. The van der Waals surface area contributed by atoms with Crippen molar-refractivity contribution < 1.29 is 9.59 Å². The van der Waals surface area contributed by atoms with Gasteiger partial charge in [-0.2, -0.15) is 0 Å². The molecule has 0 bridgehead atoms. The maximum Gasteiger partial charge on any atom is 0.242 e. The van der Waals surface area contributed by atoms with Crippen LogP contribution in [0.3, 0.4) is 0 Å². The van der Waals surface area contributed by atoms with Gasteiger partial charge in [-0.3, -0.25) is 9.59 Å². The van der Waals surface area contributed by atoms with Crippen molar-refractivity contribution in [3.8, 4) is 0 Å². The maximum atomic E-state index is 12.7. The highest BCUT2D eigenvalue weighted by atomic mass is 16.2. The quantitative estimate of drug-likeness (QED) is 0.764. The molecule has 0 spiro atoms. The van der Waals surface area contributed by atoms with Crippen molar-refractivity contribution in [2.24, 2.45) is 17.6 Å². The molecule has 1 saturated carbocycles. The Labute approximate surface area is 114 Å². The summed E-state index contributed by atoms with van der Waals surface area (Å²) < 4.78 is 0. The number of likely N-dealkylation sites (tertiary alicyclic amines) is 1. The SMILES string of the molecule is CNC(=O)C1CCCN1C(=O)C1C(C)CCCC1N. The predicted octanol–water partition coefficient (Wildman–Crippen LogP) is 0.487. The third-order valence-corrected chi connectivity index (χ3v) is 4.64. The van der Waals surface area contributed by atoms with Crippen LogP contribution in [0.4, 0.5) is 0 Å². The third-order valence-electron chi connectivity index (χ3n) is 4.64. The topological polar surface area (TPSA) is 75.4 Å². The van der Waals surface area contributed by atoms with Gasteiger partial charge in [0.2, 0.25) is 11.8 Å². The van der Waals surface area contributed by atoms with Gasteiger partial charge in [-0.1, -0.05) is 13.3 Å². The van der Waals surface area contributed by atoms with Crippen LogP contribution in [0.2, 0.25) is 0 Å². The van der Waals surface area contributed by atoms with E-state index >= 15 is 0 Å². The molecule has 1 aliphatic carbocycles. The van der Waals surface area contributed by atoms with Crippen molar-refractivity contribution in [3.05, 3.63) is 0 Å². The zero-order chi connectivity index (χ0) is 14.0. The fourth-order valence-electron chi connectivity index (χ4n) is 3.54. The highest BCUT2D eigenvalue weighted by Gasteiger charge is 2.41. The molecule has 2 aliphatic rings. The molecular weight excluding hydrogens is 242 g/mol. The Balaban J connectivity index is 2.11. The number of nitrogens with zero attached hydrogens (tertiary/aromatic N) is 1. The van der Waals surface area contributed by atoms with Crippen molar-refractivity contribution in [1.82, 2.24) is 10.2 Å². The Bertz CT molecular complexity index is 349. The number of carbonyl (C=O) groups excluding carboxylic acids is 2. The molecule has 0 aromatic carbocycles. The summed E-state index contributed by atoms with van der Waals surface area (Å²) in [5.41, 5.74) is 6.14. The number of nitrogens with two attached hydrogens (primary N) is 1. The van der Waals surface area contributed by atoms with Gasteiger partial charge in [0.05, 0.1) is 5.92 Å². The minimum atomic E-state index is -0.293. The molecule has 1 heterocycles. The Hall–Kier alpha value is -1.10. The van der Waals surface area contributed by atoms with E-state index in [9.17, 15) is 9.59 Å². The van der Waals surface area contributed by atoms with Crippen LogP contribution in [-0.2, 0) is 9.59 Å². The number of nitrogens with one attached hydrogen (secondary N) is 1. The van der Waals surface area contributed by atoms with Crippen molar-refractivity contribution in [3.63, 3.8) is 0 Å². The Morgan fingerprint density at radius 3 is 2.58 bits per heavy atom. The second-order valence-electron chi connectivity index (χ2n) is 5.90. The molecule has 5 nitrogen and oxygen atoms in total. The molecule has 0 aromatic rings. The summed E-state index contributed by atoms with van der Waals surface area (Å²) in [4.78, 5) is 26.3.